The van der Waals surface area contributed by atoms with Crippen LogP contribution in [0.3, 0.4) is 0 Å². The summed E-state index contributed by atoms with van der Waals surface area (Å²) in [6.07, 6.45) is 4.92. The van der Waals surface area contributed by atoms with Gasteiger partial charge in [-0.1, -0.05) is 12.1 Å². The molecule has 104 valence electrons. The van der Waals surface area contributed by atoms with Gasteiger partial charge in [-0.05, 0) is 30.3 Å². The minimum atomic E-state index is -0.283. The largest absolute Gasteiger partial charge is 0.397 e. The van der Waals surface area contributed by atoms with E-state index in [-0.39, 0.29) is 5.91 Å². The number of nitrogens with two attached hydrogens (primary N) is 1. The Morgan fingerprint density at radius 3 is 2.62 bits per heavy atom. The lowest BCUT2D eigenvalue weighted by Gasteiger charge is -2.05. The lowest BCUT2D eigenvalue weighted by molar-refractivity contribution is 0.102. The highest BCUT2D eigenvalue weighted by Gasteiger charge is 2.11. The van der Waals surface area contributed by atoms with Gasteiger partial charge in [0.25, 0.3) is 5.91 Å². The van der Waals surface area contributed by atoms with Crippen LogP contribution in [-0.4, -0.2) is 20.7 Å². The number of nitrogens with zero attached hydrogens (tertiary/aromatic N) is 3. The second-order valence-corrected chi connectivity index (χ2v) is 4.39. The number of para-hydroxylation sites is 2. The molecule has 3 aromatic rings. The Labute approximate surface area is 121 Å². The number of anilines is 2. The maximum atomic E-state index is 12.1. The van der Waals surface area contributed by atoms with Crippen molar-refractivity contribution in [3.05, 3.63) is 66.7 Å². The van der Waals surface area contributed by atoms with Crippen LogP contribution in [0.25, 0.3) is 5.69 Å². The molecular weight excluding hydrogens is 266 g/mol. The van der Waals surface area contributed by atoms with Crippen LogP contribution >= 0.6 is 0 Å². The number of nitrogens with one attached hydrogen (secondary N) is 1. The first-order chi connectivity index (χ1) is 10.2. The molecule has 0 bridgehead atoms. The first-order valence-electron chi connectivity index (χ1n) is 6.36. The summed E-state index contributed by atoms with van der Waals surface area (Å²) in [5, 5.41) is 7.00. The number of rotatable bonds is 3. The molecule has 0 aliphatic rings. The van der Waals surface area contributed by atoms with Crippen molar-refractivity contribution >= 4 is 17.3 Å². The Kier molecular flexibility index (Phi) is 3.34. The number of nitrogen functional groups attached to an aromatic ring is 1. The van der Waals surface area contributed by atoms with E-state index in [1.165, 1.54) is 0 Å². The third-order valence-electron chi connectivity index (χ3n) is 2.94. The minimum absolute atomic E-state index is 0.283. The number of carbonyl (C=O) groups is 1. The van der Waals surface area contributed by atoms with Crippen LogP contribution in [0, 0.1) is 0 Å². The van der Waals surface area contributed by atoms with E-state index in [1.807, 2.05) is 18.2 Å². The van der Waals surface area contributed by atoms with Crippen molar-refractivity contribution in [2.45, 2.75) is 0 Å². The number of amides is 1. The third-order valence-corrected chi connectivity index (χ3v) is 2.94. The standard InChI is InChI=1S/C15H13N5O/c16-12-3-1-2-4-14(12)20-10-7-13(19-20)15(21)18-11-5-8-17-9-6-11/h1-10H,16H2,(H,17,18,21). The van der Waals surface area contributed by atoms with Gasteiger partial charge in [0, 0.05) is 24.3 Å². The molecule has 0 atom stereocenters. The van der Waals surface area contributed by atoms with Crippen molar-refractivity contribution in [3.63, 3.8) is 0 Å². The van der Waals surface area contributed by atoms with Gasteiger partial charge in [0.2, 0.25) is 0 Å². The van der Waals surface area contributed by atoms with E-state index < -0.39 is 0 Å². The first-order valence-corrected chi connectivity index (χ1v) is 6.36. The van der Waals surface area contributed by atoms with Crippen LogP contribution in [0.15, 0.2) is 61.1 Å². The maximum Gasteiger partial charge on any atom is 0.276 e. The highest BCUT2D eigenvalue weighted by molar-refractivity contribution is 6.02. The van der Waals surface area contributed by atoms with Gasteiger partial charge >= 0.3 is 0 Å². The molecule has 0 saturated carbocycles. The van der Waals surface area contributed by atoms with Crippen LogP contribution in [0.5, 0.6) is 0 Å². The molecule has 0 aliphatic heterocycles. The topological polar surface area (TPSA) is 85.8 Å². The smallest absolute Gasteiger partial charge is 0.276 e. The Bertz CT molecular complexity index is 766. The summed E-state index contributed by atoms with van der Waals surface area (Å²) in [4.78, 5) is 16.0. The van der Waals surface area contributed by atoms with E-state index in [4.69, 9.17) is 5.73 Å². The quantitative estimate of drug-likeness (QED) is 0.719. The molecule has 1 amide bonds. The first kappa shape index (κ1) is 12.9. The average molecular weight is 279 g/mol. The molecule has 0 unspecified atom stereocenters. The summed E-state index contributed by atoms with van der Waals surface area (Å²) in [5.41, 5.74) is 8.21. The second kappa shape index (κ2) is 5.46. The number of hydrogen-bond acceptors (Lipinski definition) is 4. The predicted octanol–water partition coefficient (Wildman–Crippen LogP) is 2.10. The molecule has 1 aromatic carbocycles. The van der Waals surface area contributed by atoms with Gasteiger partial charge in [-0.25, -0.2) is 4.68 Å². The zero-order valence-corrected chi connectivity index (χ0v) is 11.1. The molecule has 0 saturated heterocycles. The fourth-order valence-corrected chi connectivity index (χ4v) is 1.91. The Balaban J connectivity index is 1.82. The molecule has 0 aliphatic carbocycles. The monoisotopic (exact) mass is 279 g/mol. The van der Waals surface area contributed by atoms with Crippen LogP contribution in [0.2, 0.25) is 0 Å². The zero-order valence-electron chi connectivity index (χ0n) is 11.1. The molecule has 0 radical (unpaired) electrons. The van der Waals surface area contributed by atoms with E-state index in [2.05, 4.69) is 15.4 Å². The minimum Gasteiger partial charge on any atom is -0.397 e. The van der Waals surface area contributed by atoms with Crippen LogP contribution < -0.4 is 11.1 Å². The van der Waals surface area contributed by atoms with E-state index in [0.29, 0.717) is 17.1 Å². The molecule has 6 heteroatoms. The molecule has 3 N–H and O–H groups in total. The number of benzene rings is 1. The van der Waals surface area contributed by atoms with Crippen molar-refractivity contribution in [2.24, 2.45) is 0 Å². The summed E-state index contributed by atoms with van der Waals surface area (Å²) in [5.74, 6) is -0.283. The molecule has 2 aromatic heterocycles. The Morgan fingerprint density at radius 1 is 1.10 bits per heavy atom. The Hall–Kier alpha value is -3.15. The second-order valence-electron chi connectivity index (χ2n) is 4.39. The fraction of sp³-hybridized carbons (Fsp3) is 0. The maximum absolute atomic E-state index is 12.1. The van der Waals surface area contributed by atoms with Gasteiger partial charge in [0.15, 0.2) is 5.69 Å². The lowest BCUT2D eigenvalue weighted by atomic mass is 10.3. The molecule has 21 heavy (non-hydrogen) atoms. The number of pyridine rings is 1. The van der Waals surface area contributed by atoms with Gasteiger partial charge in [0.1, 0.15) is 0 Å². The van der Waals surface area contributed by atoms with E-state index in [9.17, 15) is 4.79 Å². The molecule has 0 spiro atoms. The molecule has 6 nitrogen and oxygen atoms in total. The van der Waals surface area contributed by atoms with Crippen LogP contribution in [0.1, 0.15) is 10.5 Å². The summed E-state index contributed by atoms with van der Waals surface area (Å²) in [6, 6.07) is 12.4. The van der Waals surface area contributed by atoms with Crippen molar-refractivity contribution in [3.8, 4) is 5.69 Å². The molecule has 2 heterocycles. The zero-order chi connectivity index (χ0) is 14.7. The van der Waals surface area contributed by atoms with Gasteiger partial charge in [-0.3, -0.25) is 9.78 Å². The van der Waals surface area contributed by atoms with Crippen molar-refractivity contribution < 1.29 is 4.79 Å². The van der Waals surface area contributed by atoms with Gasteiger partial charge < -0.3 is 11.1 Å². The summed E-state index contributed by atoms with van der Waals surface area (Å²) >= 11 is 0. The van der Waals surface area contributed by atoms with Gasteiger partial charge in [-0.15, -0.1) is 0 Å². The highest BCUT2D eigenvalue weighted by Crippen LogP contribution is 2.16. The number of hydrogen-bond donors (Lipinski definition) is 2. The molecular formula is C15H13N5O. The van der Waals surface area contributed by atoms with E-state index >= 15 is 0 Å². The number of carbonyl (C=O) groups excluding carboxylic acids is 1. The van der Waals surface area contributed by atoms with Gasteiger partial charge in [0.05, 0.1) is 11.4 Å². The van der Waals surface area contributed by atoms with Gasteiger partial charge in [-0.2, -0.15) is 5.10 Å². The predicted molar refractivity (Wildman–Crippen MR) is 80.2 cm³/mol. The number of aromatic nitrogens is 3. The SMILES string of the molecule is Nc1ccccc1-n1ccc(C(=O)Nc2ccncc2)n1. The van der Waals surface area contributed by atoms with Crippen molar-refractivity contribution in [2.75, 3.05) is 11.1 Å². The molecule has 3 rings (SSSR count). The Morgan fingerprint density at radius 2 is 1.86 bits per heavy atom. The van der Waals surface area contributed by atoms with E-state index in [1.54, 1.807) is 47.5 Å². The third kappa shape index (κ3) is 2.74. The molecule has 0 fully saturated rings. The van der Waals surface area contributed by atoms with E-state index in [0.717, 1.165) is 5.69 Å². The summed E-state index contributed by atoms with van der Waals surface area (Å²) < 4.78 is 1.58. The van der Waals surface area contributed by atoms with Crippen LogP contribution in [-0.2, 0) is 0 Å². The lowest BCUT2D eigenvalue weighted by Crippen LogP contribution is -2.13. The van der Waals surface area contributed by atoms with Crippen molar-refractivity contribution in [1.82, 2.24) is 14.8 Å². The normalized spacial score (nSPS) is 10.3. The van der Waals surface area contributed by atoms with Crippen molar-refractivity contribution in [1.29, 1.82) is 0 Å². The van der Waals surface area contributed by atoms with Crippen LogP contribution in [0.4, 0.5) is 11.4 Å². The average Bonchev–Trinajstić information content (AvgIpc) is 2.98. The summed E-state index contributed by atoms with van der Waals surface area (Å²) in [7, 11) is 0. The fourth-order valence-electron chi connectivity index (χ4n) is 1.91. The highest BCUT2D eigenvalue weighted by atomic mass is 16.1. The summed E-state index contributed by atoms with van der Waals surface area (Å²) in [6.45, 7) is 0.